The van der Waals surface area contributed by atoms with Crippen molar-refractivity contribution in [1.29, 1.82) is 0 Å². The summed E-state index contributed by atoms with van der Waals surface area (Å²) in [5.41, 5.74) is 2.08. The first-order valence-electron chi connectivity index (χ1n) is 22.8. The first kappa shape index (κ1) is 47.9. The van der Waals surface area contributed by atoms with E-state index >= 15 is 0 Å². The number of nitrogens with one attached hydrogen (secondary N) is 2. The molecule has 6 rings (SSSR count). The summed E-state index contributed by atoms with van der Waals surface area (Å²) in [5.74, 6) is 2.81. The van der Waals surface area contributed by atoms with Crippen LogP contribution in [0.1, 0.15) is 85.0 Å². The van der Waals surface area contributed by atoms with Crippen LogP contribution in [-0.2, 0) is 28.5 Å². The third-order valence-electron chi connectivity index (χ3n) is 13.1. The number of fused-ring (bicyclic) bond motifs is 4. The SMILES string of the molecule is C=C1CC/C=C\CN2C(=O)C3CC(OC)=C(OC/C=C/C(CCCOC4=C(OC)CC5C(=O)N6C(C)/C=C\C=C/CC[C@H]6CNC5C4)N(C)CC(C)(C)SSC)C=C3NC[C@@H]2C1. The second kappa shape index (κ2) is 22.9. The van der Waals surface area contributed by atoms with E-state index in [9.17, 15) is 9.59 Å². The molecule has 2 fully saturated rings. The molecule has 11 nitrogen and oxygen atoms in total. The minimum atomic E-state index is -0.333. The van der Waals surface area contributed by atoms with Crippen LogP contribution in [0.2, 0.25) is 0 Å². The Hall–Kier alpha value is -3.52. The quantitative estimate of drug-likeness (QED) is 0.0895. The van der Waals surface area contributed by atoms with Gasteiger partial charge in [0.25, 0.3) is 0 Å². The first-order chi connectivity index (χ1) is 29.9. The largest absolute Gasteiger partial charge is 0.498 e. The fourth-order valence-electron chi connectivity index (χ4n) is 9.90. The highest BCUT2D eigenvalue weighted by molar-refractivity contribution is 8.77. The Labute approximate surface area is 380 Å². The van der Waals surface area contributed by atoms with E-state index in [4.69, 9.17) is 18.9 Å². The van der Waals surface area contributed by atoms with E-state index in [0.717, 1.165) is 75.3 Å². The minimum Gasteiger partial charge on any atom is -0.498 e. The molecule has 62 heavy (non-hydrogen) atoms. The van der Waals surface area contributed by atoms with Crippen molar-refractivity contribution >= 4 is 33.4 Å². The molecule has 0 saturated carbocycles. The predicted octanol–water partition coefficient (Wildman–Crippen LogP) is 8.04. The number of allylic oxidation sites excluding steroid dienone is 7. The fourth-order valence-corrected chi connectivity index (χ4v) is 12.1. The van der Waals surface area contributed by atoms with Gasteiger partial charge in [-0.1, -0.05) is 76.3 Å². The Morgan fingerprint density at radius 1 is 0.984 bits per heavy atom. The topological polar surface area (TPSA) is 105 Å². The molecule has 13 heteroatoms. The maximum atomic E-state index is 14.2. The average molecular weight is 892 g/mol. The zero-order valence-electron chi connectivity index (χ0n) is 38.4. The molecule has 0 radical (unpaired) electrons. The summed E-state index contributed by atoms with van der Waals surface area (Å²) >= 11 is 0. The fraction of sp³-hybridized carbons (Fsp3) is 0.633. The van der Waals surface area contributed by atoms with E-state index in [1.807, 2.05) is 21.8 Å². The number of hydrogen-bond acceptors (Lipinski definition) is 11. The van der Waals surface area contributed by atoms with Crippen molar-refractivity contribution in [3.05, 3.63) is 95.6 Å². The van der Waals surface area contributed by atoms with Crippen molar-refractivity contribution in [3.63, 3.8) is 0 Å². The molecular weight excluding hydrogens is 819 g/mol. The zero-order chi connectivity index (χ0) is 44.2. The van der Waals surface area contributed by atoms with Gasteiger partial charge in [0.2, 0.25) is 11.8 Å². The predicted molar refractivity (Wildman–Crippen MR) is 254 cm³/mol. The van der Waals surface area contributed by atoms with Crippen molar-refractivity contribution in [3.8, 4) is 0 Å². The monoisotopic (exact) mass is 892 g/mol. The summed E-state index contributed by atoms with van der Waals surface area (Å²) < 4.78 is 24.8. The van der Waals surface area contributed by atoms with E-state index in [2.05, 4.69) is 110 Å². The van der Waals surface area contributed by atoms with Crippen LogP contribution in [0.25, 0.3) is 0 Å². The lowest BCUT2D eigenvalue weighted by Crippen LogP contribution is -2.49. The van der Waals surface area contributed by atoms with Crippen LogP contribution < -0.4 is 10.6 Å². The normalized spacial score (nSPS) is 29.4. The highest BCUT2D eigenvalue weighted by Crippen LogP contribution is 2.38. The van der Waals surface area contributed by atoms with Crippen LogP contribution in [-0.4, -0.2) is 128 Å². The maximum Gasteiger partial charge on any atom is 0.232 e. The third-order valence-corrected chi connectivity index (χ3v) is 15.7. The van der Waals surface area contributed by atoms with Crippen LogP contribution >= 0.6 is 21.6 Å². The van der Waals surface area contributed by atoms with Gasteiger partial charge < -0.3 is 39.4 Å². The number of carbonyl (C=O) groups is 2. The number of ether oxygens (including phenoxy) is 4. The van der Waals surface area contributed by atoms with Crippen molar-refractivity contribution in [2.75, 3.05) is 66.9 Å². The standard InChI is InChI=1S/C49H73N5O6S2/c1-34-18-12-11-15-23-53-38(26-34)32-51-41-29-45(43(57-6)27-39(41)47(53)55)59-24-16-21-36(52(5)33-49(3,4)62-61-8)22-17-25-60-46-30-42-40(28-44(46)58-7)48(56)54-35(2)19-13-9-10-14-20-37(54)31-50-42/h9-11,13,15-16,19,21,29,35-40,42,50-51H,1,12,14,17-18,20,22-28,30-33H2,2-8H3/b10-9-,15-11-,19-13-,21-16+/t35?,36?,37-,38-,39?,40?,42?/m0/s1. The number of amides is 2. The second-order valence-electron chi connectivity index (χ2n) is 18.2. The lowest BCUT2D eigenvalue weighted by molar-refractivity contribution is -0.139. The summed E-state index contributed by atoms with van der Waals surface area (Å²) in [4.78, 5) is 34.7. The molecule has 0 bridgehead atoms. The third kappa shape index (κ3) is 12.4. The van der Waals surface area contributed by atoms with Crippen LogP contribution in [0.4, 0.5) is 0 Å². The first-order valence-corrected chi connectivity index (χ1v) is 25.3. The second-order valence-corrected chi connectivity index (χ2v) is 21.3. The summed E-state index contributed by atoms with van der Waals surface area (Å²) in [6, 6.07) is 0.399. The summed E-state index contributed by atoms with van der Waals surface area (Å²) in [6.45, 7) is 14.9. The van der Waals surface area contributed by atoms with Gasteiger partial charge in [-0.15, -0.1) is 0 Å². The molecule has 2 aliphatic carbocycles. The van der Waals surface area contributed by atoms with Gasteiger partial charge in [-0.2, -0.15) is 0 Å². The van der Waals surface area contributed by atoms with Crippen LogP contribution in [0.15, 0.2) is 95.6 Å². The van der Waals surface area contributed by atoms with Crippen molar-refractivity contribution < 1.29 is 28.5 Å². The van der Waals surface area contributed by atoms with E-state index in [1.54, 1.807) is 25.0 Å². The van der Waals surface area contributed by atoms with Gasteiger partial charge in [-0.25, -0.2) is 0 Å². The van der Waals surface area contributed by atoms with Crippen molar-refractivity contribution in [2.24, 2.45) is 11.8 Å². The molecular formula is C49H73N5O6S2. The van der Waals surface area contributed by atoms with Gasteiger partial charge >= 0.3 is 0 Å². The van der Waals surface area contributed by atoms with Crippen LogP contribution in [0.3, 0.4) is 0 Å². The van der Waals surface area contributed by atoms with Gasteiger partial charge in [-0.3, -0.25) is 14.5 Å². The number of methoxy groups -OCH3 is 2. The minimum absolute atomic E-state index is 0.00787. The molecule has 0 aromatic rings. The molecule has 5 unspecified atom stereocenters. The molecule has 0 spiro atoms. The van der Waals surface area contributed by atoms with Gasteiger partial charge in [0.05, 0.1) is 38.7 Å². The van der Waals surface area contributed by atoms with Gasteiger partial charge in [0.1, 0.15) is 23.9 Å². The molecule has 6 aliphatic rings. The Kier molecular flexibility index (Phi) is 17.7. The van der Waals surface area contributed by atoms with Gasteiger partial charge in [0, 0.05) is 86.1 Å². The number of rotatable bonds is 16. The Bertz CT molecular complexity index is 1800. The Balaban J connectivity index is 1.08. The molecule has 4 heterocycles. The molecule has 0 aromatic carbocycles. The summed E-state index contributed by atoms with van der Waals surface area (Å²) in [7, 11) is 9.25. The summed E-state index contributed by atoms with van der Waals surface area (Å²) in [5, 5.41) is 7.39. The zero-order valence-corrected chi connectivity index (χ0v) is 40.0. The van der Waals surface area contributed by atoms with Crippen molar-refractivity contribution in [2.45, 2.75) is 120 Å². The van der Waals surface area contributed by atoms with E-state index < -0.39 is 0 Å². The smallest absolute Gasteiger partial charge is 0.232 e. The molecule has 7 atom stereocenters. The number of likely N-dealkylation sites (N-methyl/N-ethyl adjacent to an activating group) is 1. The molecule has 2 N–H and O–H groups in total. The maximum absolute atomic E-state index is 14.2. The Morgan fingerprint density at radius 2 is 1.81 bits per heavy atom. The van der Waals surface area contributed by atoms with Gasteiger partial charge in [0.15, 0.2) is 5.76 Å². The van der Waals surface area contributed by atoms with E-state index in [1.165, 1.54) is 5.57 Å². The average Bonchev–Trinajstić information content (AvgIpc) is 3.33. The number of nitrogens with zero attached hydrogens (tertiary/aromatic N) is 3. The highest BCUT2D eigenvalue weighted by atomic mass is 33.1. The summed E-state index contributed by atoms with van der Waals surface area (Å²) in [6.07, 6.45) is 29.2. The number of carbonyl (C=O) groups excluding carboxylic acids is 2. The lowest BCUT2D eigenvalue weighted by Gasteiger charge is -2.36. The van der Waals surface area contributed by atoms with E-state index in [0.29, 0.717) is 57.1 Å². The van der Waals surface area contributed by atoms with Crippen molar-refractivity contribution in [1.82, 2.24) is 25.3 Å². The lowest BCUT2D eigenvalue weighted by atomic mass is 9.85. The van der Waals surface area contributed by atoms with Crippen LogP contribution in [0, 0.1) is 11.8 Å². The number of hydrogen-bond donors (Lipinski definition) is 2. The Morgan fingerprint density at radius 3 is 2.60 bits per heavy atom. The molecule has 2 saturated heterocycles. The molecule has 4 aliphatic heterocycles. The highest BCUT2D eigenvalue weighted by Gasteiger charge is 2.44. The van der Waals surface area contributed by atoms with E-state index in [-0.39, 0.29) is 58.6 Å². The molecule has 342 valence electrons. The van der Waals surface area contributed by atoms with Gasteiger partial charge in [-0.05, 0) is 85.1 Å². The van der Waals surface area contributed by atoms with Crippen LogP contribution in [0.5, 0.6) is 0 Å². The molecule has 2 amide bonds. The molecule has 0 aromatic heterocycles.